The van der Waals surface area contributed by atoms with Crippen molar-refractivity contribution >= 4 is 12.6 Å². The van der Waals surface area contributed by atoms with E-state index in [0.717, 1.165) is 6.07 Å². The lowest BCUT2D eigenvalue weighted by Crippen LogP contribution is -2.51. The largest absolute Gasteiger partial charge is 0.494 e. The lowest BCUT2D eigenvalue weighted by atomic mass is 9.74. The molecular weight excluding hydrogens is 271 g/mol. The Hall–Kier alpha value is -1.06. The first kappa shape index (κ1) is 13.9. The summed E-state index contributed by atoms with van der Waals surface area (Å²) in [4.78, 5) is 0. The van der Waals surface area contributed by atoms with Crippen molar-refractivity contribution in [1.29, 1.82) is 0 Å². The van der Waals surface area contributed by atoms with Crippen LogP contribution in [0.5, 0.6) is 0 Å². The van der Waals surface area contributed by atoms with Crippen molar-refractivity contribution in [2.75, 3.05) is 13.2 Å². The SMILES string of the molecule is NC1CCc2c(cc(F)c(B(O)O)c2F)C12OCCO2. The number of benzene rings is 1. The monoisotopic (exact) mass is 285 g/mol. The fourth-order valence-electron chi connectivity index (χ4n) is 2.96. The van der Waals surface area contributed by atoms with E-state index >= 15 is 0 Å². The zero-order valence-electron chi connectivity index (χ0n) is 10.6. The van der Waals surface area contributed by atoms with Crippen LogP contribution in [0.1, 0.15) is 17.5 Å². The molecule has 1 aromatic carbocycles. The lowest BCUT2D eigenvalue weighted by Gasteiger charge is -2.39. The van der Waals surface area contributed by atoms with Gasteiger partial charge in [-0.2, -0.15) is 0 Å². The van der Waals surface area contributed by atoms with Gasteiger partial charge in [0.15, 0.2) is 0 Å². The molecule has 1 fully saturated rings. The molecule has 0 bridgehead atoms. The summed E-state index contributed by atoms with van der Waals surface area (Å²) >= 11 is 0. The summed E-state index contributed by atoms with van der Waals surface area (Å²) in [5, 5.41) is 18.2. The second-order valence-electron chi connectivity index (χ2n) is 5.00. The molecule has 108 valence electrons. The minimum absolute atomic E-state index is 0.165. The van der Waals surface area contributed by atoms with E-state index in [2.05, 4.69) is 0 Å². The molecule has 8 heteroatoms. The van der Waals surface area contributed by atoms with Crippen LogP contribution in [0.3, 0.4) is 0 Å². The van der Waals surface area contributed by atoms with E-state index in [1.54, 1.807) is 0 Å². The van der Waals surface area contributed by atoms with Crippen LogP contribution in [0.4, 0.5) is 8.78 Å². The van der Waals surface area contributed by atoms with Gasteiger partial charge >= 0.3 is 7.12 Å². The van der Waals surface area contributed by atoms with Crippen molar-refractivity contribution < 1.29 is 28.3 Å². The average Bonchev–Trinajstić information content (AvgIpc) is 2.85. The van der Waals surface area contributed by atoms with Gasteiger partial charge in [-0.3, -0.25) is 0 Å². The second-order valence-corrected chi connectivity index (χ2v) is 5.00. The topological polar surface area (TPSA) is 84.9 Å². The van der Waals surface area contributed by atoms with E-state index in [-0.39, 0.29) is 17.5 Å². The summed E-state index contributed by atoms with van der Waals surface area (Å²) in [6.45, 7) is 0.585. The maximum atomic E-state index is 14.3. The van der Waals surface area contributed by atoms with Gasteiger partial charge < -0.3 is 25.3 Å². The number of hydrogen-bond acceptors (Lipinski definition) is 5. The van der Waals surface area contributed by atoms with Crippen molar-refractivity contribution in [3.05, 3.63) is 28.8 Å². The van der Waals surface area contributed by atoms with Gasteiger partial charge in [-0.25, -0.2) is 8.78 Å². The Morgan fingerprint density at radius 2 is 1.95 bits per heavy atom. The predicted molar refractivity (Wildman–Crippen MR) is 66.1 cm³/mol. The van der Waals surface area contributed by atoms with Gasteiger partial charge in [0.2, 0.25) is 5.79 Å². The molecule has 1 aliphatic carbocycles. The smallest absolute Gasteiger partial charge is 0.423 e. The maximum Gasteiger partial charge on any atom is 0.494 e. The highest BCUT2D eigenvalue weighted by molar-refractivity contribution is 6.58. The zero-order valence-corrected chi connectivity index (χ0v) is 10.6. The van der Waals surface area contributed by atoms with Crippen molar-refractivity contribution in [2.45, 2.75) is 24.7 Å². The van der Waals surface area contributed by atoms with Crippen LogP contribution in [-0.4, -0.2) is 36.4 Å². The van der Waals surface area contributed by atoms with Gasteiger partial charge in [-0.15, -0.1) is 0 Å². The summed E-state index contributed by atoms with van der Waals surface area (Å²) in [6, 6.07) is 0.499. The number of nitrogens with two attached hydrogens (primary N) is 1. The molecule has 20 heavy (non-hydrogen) atoms. The summed E-state index contributed by atoms with van der Waals surface area (Å²) in [7, 11) is -2.21. The molecule has 2 aliphatic rings. The van der Waals surface area contributed by atoms with Gasteiger partial charge in [0.25, 0.3) is 0 Å². The molecule has 0 aromatic heterocycles. The molecule has 1 heterocycles. The van der Waals surface area contributed by atoms with Gasteiger partial charge in [0, 0.05) is 5.56 Å². The molecule has 0 saturated carbocycles. The van der Waals surface area contributed by atoms with E-state index in [9.17, 15) is 8.78 Å². The van der Waals surface area contributed by atoms with Crippen LogP contribution < -0.4 is 11.2 Å². The molecule has 1 atom stereocenters. The van der Waals surface area contributed by atoms with Gasteiger partial charge in [0.05, 0.1) is 24.7 Å². The van der Waals surface area contributed by atoms with Gasteiger partial charge in [0.1, 0.15) is 11.6 Å². The van der Waals surface area contributed by atoms with E-state index in [4.69, 9.17) is 25.3 Å². The minimum Gasteiger partial charge on any atom is -0.423 e. The first-order valence-corrected chi connectivity index (χ1v) is 6.38. The standard InChI is InChI=1S/C12H14BF2NO4/c14-8-5-7-6(11(15)10(8)13(17)18)1-2-9(16)12(7)19-3-4-20-12/h5,9,17-18H,1-4,16H2. The second kappa shape index (κ2) is 4.75. The Bertz CT molecular complexity index is 549. The quantitative estimate of drug-likeness (QED) is 0.583. The van der Waals surface area contributed by atoms with E-state index in [0.29, 0.717) is 19.6 Å². The summed E-state index contributed by atoms with van der Waals surface area (Å²) in [5.74, 6) is -3.36. The molecule has 1 aromatic rings. The van der Waals surface area contributed by atoms with Crippen molar-refractivity contribution in [3.63, 3.8) is 0 Å². The number of rotatable bonds is 1. The highest BCUT2D eigenvalue weighted by Gasteiger charge is 2.49. The molecule has 0 radical (unpaired) electrons. The molecule has 0 amide bonds. The van der Waals surface area contributed by atoms with Crippen LogP contribution in [-0.2, 0) is 21.7 Å². The third kappa shape index (κ3) is 1.80. The normalized spacial score (nSPS) is 23.9. The Morgan fingerprint density at radius 3 is 2.55 bits per heavy atom. The zero-order chi connectivity index (χ0) is 14.5. The van der Waals surface area contributed by atoms with Gasteiger partial charge in [-0.05, 0) is 24.5 Å². The molecular formula is C12H14BF2NO4. The Labute approximate surface area is 114 Å². The number of ether oxygens (including phenoxy) is 2. The molecule has 5 nitrogen and oxygen atoms in total. The van der Waals surface area contributed by atoms with Crippen molar-refractivity contribution in [3.8, 4) is 0 Å². The summed E-state index contributed by atoms with van der Waals surface area (Å²) < 4.78 is 39.3. The average molecular weight is 285 g/mol. The van der Waals surface area contributed by atoms with E-state index in [1.807, 2.05) is 0 Å². The summed E-state index contributed by atoms with van der Waals surface area (Å²) in [5.41, 5.74) is 5.60. The highest BCUT2D eigenvalue weighted by atomic mass is 19.1. The molecule has 4 N–H and O–H groups in total. The van der Waals surface area contributed by atoms with Crippen LogP contribution in [0.2, 0.25) is 0 Å². The Morgan fingerprint density at radius 1 is 1.30 bits per heavy atom. The van der Waals surface area contributed by atoms with Crippen LogP contribution in [0.25, 0.3) is 0 Å². The van der Waals surface area contributed by atoms with Crippen LogP contribution >= 0.6 is 0 Å². The molecule has 1 spiro atoms. The van der Waals surface area contributed by atoms with E-state index in [1.165, 1.54) is 0 Å². The number of fused-ring (bicyclic) bond motifs is 2. The van der Waals surface area contributed by atoms with Crippen molar-refractivity contribution in [1.82, 2.24) is 0 Å². The molecule has 1 unspecified atom stereocenters. The van der Waals surface area contributed by atoms with Gasteiger partial charge in [-0.1, -0.05) is 0 Å². The molecule has 3 rings (SSSR count). The molecule has 1 aliphatic heterocycles. The number of halogens is 2. The van der Waals surface area contributed by atoms with Crippen LogP contribution in [0, 0.1) is 11.6 Å². The first-order valence-electron chi connectivity index (χ1n) is 6.38. The number of hydrogen-bond donors (Lipinski definition) is 3. The Kier molecular flexibility index (Phi) is 3.30. The summed E-state index contributed by atoms with van der Waals surface area (Å²) in [6.07, 6.45) is 0.660. The Balaban J connectivity index is 2.21. The fraction of sp³-hybridized carbons (Fsp3) is 0.500. The third-order valence-electron chi connectivity index (χ3n) is 3.90. The predicted octanol–water partition coefficient (Wildman–Crippen LogP) is -0.882. The first-order chi connectivity index (χ1) is 9.47. The highest BCUT2D eigenvalue weighted by Crippen LogP contribution is 2.42. The third-order valence-corrected chi connectivity index (χ3v) is 3.90. The van der Waals surface area contributed by atoms with Crippen LogP contribution in [0.15, 0.2) is 6.07 Å². The maximum absolute atomic E-state index is 14.3. The lowest BCUT2D eigenvalue weighted by molar-refractivity contribution is -0.187. The minimum atomic E-state index is -2.21. The molecule has 1 saturated heterocycles. The van der Waals surface area contributed by atoms with E-state index < -0.39 is 36.0 Å². The fourth-order valence-corrected chi connectivity index (χ4v) is 2.96. The van der Waals surface area contributed by atoms with Crippen molar-refractivity contribution in [2.24, 2.45) is 5.73 Å².